The quantitative estimate of drug-likeness (QED) is 0.680. The summed E-state index contributed by atoms with van der Waals surface area (Å²) < 4.78 is 28.5. The molecule has 0 saturated carbocycles. The highest BCUT2D eigenvalue weighted by molar-refractivity contribution is 7.91. The zero-order valence-corrected chi connectivity index (χ0v) is 16.0. The number of anilines is 1. The number of nitrogens with one attached hydrogen (secondary N) is 1. The van der Waals surface area contributed by atoms with Crippen LogP contribution >= 0.6 is 0 Å². The van der Waals surface area contributed by atoms with Crippen molar-refractivity contribution in [3.63, 3.8) is 0 Å². The van der Waals surface area contributed by atoms with Gasteiger partial charge in [0.1, 0.15) is 0 Å². The second kappa shape index (κ2) is 8.38. The summed E-state index contributed by atoms with van der Waals surface area (Å²) in [6.07, 6.45) is -0.666. The molecule has 1 saturated heterocycles. The maximum atomic E-state index is 12.6. The van der Waals surface area contributed by atoms with Gasteiger partial charge in [-0.1, -0.05) is 0 Å². The Morgan fingerprint density at radius 2 is 1.93 bits per heavy atom. The standard InChI is InChI=1S/C17H23N3O6S/c1-3-20(14-8-9-27(24,25)10-14)15(21)11(2)26-16(22)12-4-6-13(7-5-12)19-17(18)23/h4-7,11,14H,3,8-10H2,1-2H3,(H3,18,19,23)/t11-,14+/m0/s1. The Balaban J connectivity index is 2.00. The van der Waals surface area contributed by atoms with Gasteiger partial charge in [0.2, 0.25) is 0 Å². The van der Waals surface area contributed by atoms with Gasteiger partial charge in [-0.3, -0.25) is 4.79 Å². The highest BCUT2D eigenvalue weighted by atomic mass is 32.2. The highest BCUT2D eigenvalue weighted by Gasteiger charge is 2.36. The molecule has 2 atom stereocenters. The molecule has 0 aromatic heterocycles. The maximum absolute atomic E-state index is 12.6. The van der Waals surface area contributed by atoms with Crippen LogP contribution in [0.5, 0.6) is 0 Å². The summed E-state index contributed by atoms with van der Waals surface area (Å²) in [5.74, 6) is -1.14. The van der Waals surface area contributed by atoms with E-state index in [4.69, 9.17) is 10.5 Å². The lowest BCUT2D eigenvalue weighted by Crippen LogP contribution is -2.46. The molecule has 0 bridgehead atoms. The van der Waals surface area contributed by atoms with Crippen LogP contribution in [-0.2, 0) is 19.4 Å². The number of nitrogens with zero attached hydrogens (tertiary/aromatic N) is 1. The fraction of sp³-hybridized carbons (Fsp3) is 0.471. The number of hydrogen-bond donors (Lipinski definition) is 2. The molecule has 3 N–H and O–H groups in total. The molecule has 0 aliphatic carbocycles. The maximum Gasteiger partial charge on any atom is 0.338 e. The average molecular weight is 397 g/mol. The minimum Gasteiger partial charge on any atom is -0.449 e. The predicted molar refractivity (Wildman–Crippen MR) is 99.0 cm³/mol. The van der Waals surface area contributed by atoms with Crippen molar-refractivity contribution in [3.8, 4) is 0 Å². The molecule has 0 unspecified atom stereocenters. The number of nitrogens with two attached hydrogens (primary N) is 1. The zero-order chi connectivity index (χ0) is 20.2. The van der Waals surface area contributed by atoms with Crippen LogP contribution in [-0.4, -0.2) is 61.4 Å². The van der Waals surface area contributed by atoms with Crippen molar-refractivity contribution in [1.29, 1.82) is 0 Å². The third-order valence-electron chi connectivity index (χ3n) is 4.29. The van der Waals surface area contributed by atoms with Crippen LogP contribution in [0.4, 0.5) is 10.5 Å². The largest absolute Gasteiger partial charge is 0.449 e. The third kappa shape index (κ3) is 5.43. The van der Waals surface area contributed by atoms with Crippen LogP contribution in [0, 0.1) is 0 Å². The van der Waals surface area contributed by atoms with Crippen LogP contribution in [0.1, 0.15) is 30.6 Å². The van der Waals surface area contributed by atoms with Crippen LogP contribution < -0.4 is 11.1 Å². The average Bonchev–Trinajstić information content (AvgIpc) is 2.95. The van der Waals surface area contributed by atoms with Crippen molar-refractivity contribution in [2.24, 2.45) is 5.73 Å². The summed E-state index contributed by atoms with van der Waals surface area (Å²) in [6, 6.07) is 4.72. The summed E-state index contributed by atoms with van der Waals surface area (Å²) >= 11 is 0. The van der Waals surface area contributed by atoms with Crippen LogP contribution in [0.15, 0.2) is 24.3 Å². The molecule has 1 fully saturated rings. The number of esters is 1. The molecule has 1 heterocycles. The minimum absolute atomic E-state index is 0.0568. The van der Waals surface area contributed by atoms with Gasteiger partial charge >= 0.3 is 12.0 Å². The second-order valence-corrected chi connectivity index (χ2v) is 8.52. The fourth-order valence-electron chi connectivity index (χ4n) is 2.96. The first kappa shape index (κ1) is 20.7. The molecule has 10 heteroatoms. The molecule has 2 rings (SSSR count). The Kier molecular flexibility index (Phi) is 6.42. The van der Waals surface area contributed by atoms with E-state index in [2.05, 4.69) is 5.32 Å². The summed E-state index contributed by atoms with van der Waals surface area (Å²) in [5, 5.41) is 2.37. The molecule has 1 aromatic rings. The number of primary amides is 1. The molecule has 148 valence electrons. The van der Waals surface area contributed by atoms with E-state index in [1.807, 2.05) is 0 Å². The molecular formula is C17H23N3O6S. The molecule has 0 spiro atoms. The number of ether oxygens (including phenoxy) is 1. The van der Waals surface area contributed by atoms with Gasteiger partial charge in [0, 0.05) is 18.3 Å². The molecule has 3 amide bonds. The van der Waals surface area contributed by atoms with Crippen molar-refractivity contribution in [2.75, 3.05) is 23.4 Å². The van der Waals surface area contributed by atoms with Gasteiger partial charge in [0.25, 0.3) is 5.91 Å². The lowest BCUT2D eigenvalue weighted by atomic mass is 10.2. The van der Waals surface area contributed by atoms with Crippen molar-refractivity contribution in [3.05, 3.63) is 29.8 Å². The van der Waals surface area contributed by atoms with Gasteiger partial charge in [-0.15, -0.1) is 0 Å². The number of carbonyl (C=O) groups is 3. The van der Waals surface area contributed by atoms with E-state index in [0.29, 0.717) is 18.7 Å². The lowest BCUT2D eigenvalue weighted by Gasteiger charge is -2.29. The van der Waals surface area contributed by atoms with Gasteiger partial charge in [-0.2, -0.15) is 0 Å². The normalized spacial score (nSPS) is 19.1. The SMILES string of the molecule is CCN(C(=O)[C@H](C)OC(=O)c1ccc(NC(N)=O)cc1)[C@@H]1CCS(=O)(=O)C1. The van der Waals surface area contributed by atoms with Crippen molar-refractivity contribution >= 4 is 33.4 Å². The predicted octanol–water partition coefficient (Wildman–Crippen LogP) is 0.758. The van der Waals surface area contributed by atoms with Gasteiger partial charge in [-0.05, 0) is 44.5 Å². The Bertz CT molecular complexity index is 822. The van der Waals surface area contributed by atoms with Gasteiger partial charge in [0.15, 0.2) is 15.9 Å². The molecule has 1 aromatic carbocycles. The molecule has 1 aliphatic rings. The Morgan fingerprint density at radius 1 is 1.30 bits per heavy atom. The van der Waals surface area contributed by atoms with Crippen molar-refractivity contribution < 1.29 is 27.5 Å². The van der Waals surface area contributed by atoms with E-state index in [-0.39, 0.29) is 17.1 Å². The number of sulfone groups is 1. The molecular weight excluding hydrogens is 374 g/mol. The molecule has 0 radical (unpaired) electrons. The second-order valence-electron chi connectivity index (χ2n) is 6.30. The van der Waals surface area contributed by atoms with E-state index in [1.54, 1.807) is 6.92 Å². The van der Waals surface area contributed by atoms with Crippen molar-refractivity contribution in [1.82, 2.24) is 4.90 Å². The molecule has 1 aliphatic heterocycles. The van der Waals surface area contributed by atoms with E-state index in [0.717, 1.165) is 0 Å². The fourth-order valence-corrected chi connectivity index (χ4v) is 4.69. The van der Waals surface area contributed by atoms with Gasteiger partial charge in [0.05, 0.1) is 17.1 Å². The highest BCUT2D eigenvalue weighted by Crippen LogP contribution is 2.19. The Morgan fingerprint density at radius 3 is 2.41 bits per heavy atom. The Hall–Kier alpha value is -2.62. The first-order chi connectivity index (χ1) is 12.6. The number of likely N-dealkylation sites (N-methyl/N-ethyl adjacent to an activating group) is 1. The van der Waals surface area contributed by atoms with Crippen LogP contribution in [0.25, 0.3) is 0 Å². The van der Waals surface area contributed by atoms with Crippen LogP contribution in [0.2, 0.25) is 0 Å². The number of amides is 3. The first-order valence-electron chi connectivity index (χ1n) is 8.51. The van der Waals surface area contributed by atoms with Crippen molar-refractivity contribution in [2.45, 2.75) is 32.4 Å². The smallest absolute Gasteiger partial charge is 0.338 e. The van der Waals surface area contributed by atoms with Gasteiger partial charge in [-0.25, -0.2) is 18.0 Å². The van der Waals surface area contributed by atoms with E-state index >= 15 is 0 Å². The van der Waals surface area contributed by atoms with Gasteiger partial charge < -0.3 is 20.7 Å². The number of urea groups is 1. The lowest BCUT2D eigenvalue weighted by molar-refractivity contribution is -0.141. The summed E-state index contributed by atoms with van der Waals surface area (Å²) in [4.78, 5) is 37.1. The zero-order valence-electron chi connectivity index (χ0n) is 15.2. The van der Waals surface area contributed by atoms with E-state index < -0.39 is 39.9 Å². The molecule has 9 nitrogen and oxygen atoms in total. The third-order valence-corrected chi connectivity index (χ3v) is 6.04. The van der Waals surface area contributed by atoms with E-state index in [1.165, 1.54) is 36.1 Å². The number of hydrogen-bond acceptors (Lipinski definition) is 6. The molecule has 27 heavy (non-hydrogen) atoms. The Labute approximate surface area is 157 Å². The minimum atomic E-state index is -3.13. The topological polar surface area (TPSA) is 136 Å². The first-order valence-corrected chi connectivity index (χ1v) is 10.3. The number of rotatable bonds is 6. The number of carbonyl (C=O) groups excluding carboxylic acids is 3. The van der Waals surface area contributed by atoms with E-state index in [9.17, 15) is 22.8 Å². The summed E-state index contributed by atoms with van der Waals surface area (Å²) in [5.41, 5.74) is 5.63. The monoisotopic (exact) mass is 397 g/mol. The number of benzene rings is 1. The van der Waals surface area contributed by atoms with Crippen LogP contribution in [0.3, 0.4) is 0 Å². The summed E-state index contributed by atoms with van der Waals surface area (Å²) in [6.45, 7) is 3.53. The summed E-state index contributed by atoms with van der Waals surface area (Å²) in [7, 11) is -3.13.